The van der Waals surface area contributed by atoms with E-state index in [1.807, 2.05) is 0 Å². The maximum absolute atomic E-state index is 14.6. The Morgan fingerprint density at radius 1 is 1.15 bits per heavy atom. The summed E-state index contributed by atoms with van der Waals surface area (Å²) < 4.78 is 47.2. The minimum Gasteiger partial charge on any atom is -0.466 e. The van der Waals surface area contributed by atoms with Gasteiger partial charge in [0.05, 0.1) is 13.0 Å². The summed E-state index contributed by atoms with van der Waals surface area (Å²) in [5.41, 5.74) is 4.98. The lowest BCUT2D eigenvalue weighted by Crippen LogP contribution is -2.25. The summed E-state index contributed by atoms with van der Waals surface area (Å²) in [5.74, 6) is -3.38. The van der Waals surface area contributed by atoms with Gasteiger partial charge in [0.2, 0.25) is 0 Å². The third kappa shape index (κ3) is 4.53. The van der Waals surface area contributed by atoms with Gasteiger partial charge in [0.1, 0.15) is 11.5 Å². The molecule has 2 rings (SSSR count). The Labute approximate surface area is 148 Å². The van der Waals surface area contributed by atoms with Crippen molar-refractivity contribution in [1.29, 1.82) is 0 Å². The molecule has 2 aromatic rings. The number of hydrogen-bond acceptors (Lipinski definition) is 4. The van der Waals surface area contributed by atoms with Gasteiger partial charge in [-0.05, 0) is 23.8 Å². The third-order valence-corrected chi connectivity index (χ3v) is 3.65. The molecular weight excluding hydrogens is 349 g/mol. The molecule has 0 aliphatic rings. The smallest absolute Gasteiger partial charge is 0.302 e. The van der Waals surface area contributed by atoms with Crippen molar-refractivity contribution in [2.45, 2.75) is 19.8 Å². The van der Waals surface area contributed by atoms with Crippen LogP contribution in [0.4, 0.5) is 24.6 Å². The van der Waals surface area contributed by atoms with Crippen LogP contribution in [0.25, 0.3) is 0 Å². The molecule has 0 saturated carbocycles. The van der Waals surface area contributed by atoms with Crippen molar-refractivity contribution >= 4 is 23.3 Å². The number of hydrogen-bond donors (Lipinski definition) is 1. The van der Waals surface area contributed by atoms with Crippen molar-refractivity contribution < 1.29 is 27.6 Å². The fraction of sp³-hybridized carbons (Fsp3) is 0.222. The SMILES string of the molecule is CC(=O)OCCc1c(N)ccc(N(F)C(=O)Cc2ccccc2F)c1F. The molecule has 138 valence electrons. The molecule has 0 spiro atoms. The van der Waals surface area contributed by atoms with Crippen LogP contribution in [0.5, 0.6) is 0 Å². The van der Waals surface area contributed by atoms with Gasteiger partial charge in [0.15, 0.2) is 5.82 Å². The van der Waals surface area contributed by atoms with E-state index in [1.54, 1.807) is 0 Å². The minimum absolute atomic E-state index is 0.00825. The predicted octanol–water partition coefficient (Wildman–Crippen LogP) is 3.11. The van der Waals surface area contributed by atoms with Crippen molar-refractivity contribution in [3.8, 4) is 0 Å². The largest absolute Gasteiger partial charge is 0.466 e. The average Bonchev–Trinajstić information content (AvgIpc) is 2.59. The second-order valence-corrected chi connectivity index (χ2v) is 5.50. The van der Waals surface area contributed by atoms with Gasteiger partial charge in [0, 0.05) is 24.6 Å². The van der Waals surface area contributed by atoms with Crippen LogP contribution in [0.2, 0.25) is 0 Å². The fourth-order valence-corrected chi connectivity index (χ4v) is 2.33. The number of benzene rings is 2. The van der Waals surface area contributed by atoms with E-state index in [-0.39, 0.29) is 35.0 Å². The first kappa shape index (κ1) is 19.3. The van der Waals surface area contributed by atoms with E-state index in [2.05, 4.69) is 0 Å². The molecule has 0 radical (unpaired) electrons. The van der Waals surface area contributed by atoms with Crippen LogP contribution in [0.15, 0.2) is 36.4 Å². The number of halogens is 3. The number of ether oxygens (including phenoxy) is 1. The molecule has 2 N–H and O–H groups in total. The topological polar surface area (TPSA) is 72.6 Å². The van der Waals surface area contributed by atoms with Gasteiger partial charge in [0.25, 0.3) is 5.91 Å². The minimum atomic E-state index is -1.13. The molecular formula is C18H17F3N2O3. The molecule has 0 fully saturated rings. The van der Waals surface area contributed by atoms with E-state index < -0.39 is 35.6 Å². The Morgan fingerprint density at radius 2 is 1.85 bits per heavy atom. The fourth-order valence-electron chi connectivity index (χ4n) is 2.33. The molecule has 5 nitrogen and oxygen atoms in total. The van der Waals surface area contributed by atoms with Gasteiger partial charge < -0.3 is 10.5 Å². The predicted molar refractivity (Wildman–Crippen MR) is 89.8 cm³/mol. The Balaban J connectivity index is 2.20. The van der Waals surface area contributed by atoms with Crippen LogP contribution in [0, 0.1) is 11.6 Å². The highest BCUT2D eigenvalue weighted by molar-refractivity contribution is 5.93. The molecule has 8 heteroatoms. The Kier molecular flexibility index (Phi) is 6.21. The first-order valence-electron chi connectivity index (χ1n) is 7.73. The molecule has 2 aromatic carbocycles. The second kappa shape index (κ2) is 8.37. The number of nitrogens with two attached hydrogens (primary N) is 1. The Bertz CT molecular complexity index is 827. The molecule has 0 unspecified atom stereocenters. The average molecular weight is 366 g/mol. The van der Waals surface area contributed by atoms with Crippen LogP contribution in [0.1, 0.15) is 18.1 Å². The molecule has 0 aliphatic heterocycles. The number of anilines is 2. The van der Waals surface area contributed by atoms with E-state index in [9.17, 15) is 22.9 Å². The normalized spacial score (nSPS) is 10.5. The summed E-state index contributed by atoms with van der Waals surface area (Å²) >= 11 is 0. The zero-order valence-corrected chi connectivity index (χ0v) is 14.0. The van der Waals surface area contributed by atoms with Gasteiger partial charge >= 0.3 is 5.97 Å². The standard InChI is InChI=1S/C18H17F3N2O3/c1-11(24)26-9-8-13-15(22)6-7-16(18(13)20)23(21)17(25)10-12-4-2-3-5-14(12)19/h2-7H,8-10,22H2,1H3. The van der Waals surface area contributed by atoms with E-state index in [0.717, 1.165) is 12.1 Å². The van der Waals surface area contributed by atoms with Crippen molar-refractivity contribution in [3.63, 3.8) is 0 Å². The highest BCUT2D eigenvalue weighted by Crippen LogP contribution is 2.28. The lowest BCUT2D eigenvalue weighted by Gasteiger charge is -2.16. The number of esters is 1. The maximum Gasteiger partial charge on any atom is 0.302 e. The summed E-state index contributed by atoms with van der Waals surface area (Å²) in [4.78, 5) is 22.8. The number of carbonyl (C=O) groups excluding carboxylic acids is 2. The molecule has 0 heterocycles. The van der Waals surface area contributed by atoms with Crippen molar-refractivity contribution in [2.24, 2.45) is 0 Å². The van der Waals surface area contributed by atoms with Crippen LogP contribution in [-0.2, 0) is 27.2 Å². The monoisotopic (exact) mass is 366 g/mol. The molecule has 26 heavy (non-hydrogen) atoms. The lowest BCUT2D eigenvalue weighted by atomic mass is 10.1. The van der Waals surface area contributed by atoms with Crippen LogP contribution in [-0.4, -0.2) is 18.5 Å². The Morgan fingerprint density at radius 3 is 2.50 bits per heavy atom. The molecule has 0 saturated heterocycles. The summed E-state index contributed by atoms with van der Waals surface area (Å²) in [7, 11) is 0. The van der Waals surface area contributed by atoms with Gasteiger partial charge in [-0.2, -0.15) is 0 Å². The van der Waals surface area contributed by atoms with Gasteiger partial charge in [-0.3, -0.25) is 9.59 Å². The number of nitrogen functional groups attached to an aromatic ring is 1. The van der Waals surface area contributed by atoms with E-state index in [1.165, 1.54) is 31.2 Å². The van der Waals surface area contributed by atoms with Gasteiger partial charge in [-0.1, -0.05) is 22.7 Å². The van der Waals surface area contributed by atoms with Gasteiger partial charge in [-0.15, -0.1) is 5.12 Å². The van der Waals surface area contributed by atoms with E-state index in [0.29, 0.717) is 0 Å². The number of rotatable bonds is 6. The van der Waals surface area contributed by atoms with E-state index in [4.69, 9.17) is 10.5 Å². The highest BCUT2D eigenvalue weighted by atomic mass is 19.2. The number of nitrogens with zero attached hydrogens (tertiary/aromatic N) is 1. The van der Waals surface area contributed by atoms with Crippen molar-refractivity contribution in [2.75, 3.05) is 17.5 Å². The Hall–Kier alpha value is -3.03. The molecule has 0 bridgehead atoms. The van der Waals surface area contributed by atoms with Crippen LogP contribution >= 0.6 is 0 Å². The lowest BCUT2D eigenvalue weighted by molar-refractivity contribution is -0.140. The van der Waals surface area contributed by atoms with Crippen molar-refractivity contribution in [1.82, 2.24) is 0 Å². The first-order chi connectivity index (χ1) is 12.3. The third-order valence-electron chi connectivity index (χ3n) is 3.65. The quantitative estimate of drug-likeness (QED) is 0.484. The second-order valence-electron chi connectivity index (χ2n) is 5.50. The summed E-state index contributed by atoms with van der Waals surface area (Å²) in [6.07, 6.45) is -0.657. The number of amides is 1. The molecule has 0 atom stereocenters. The molecule has 0 aliphatic carbocycles. The summed E-state index contributed by atoms with van der Waals surface area (Å²) in [5, 5.41) is -0.378. The maximum atomic E-state index is 14.6. The summed E-state index contributed by atoms with van der Waals surface area (Å²) in [6.45, 7) is 1.05. The molecule has 0 aromatic heterocycles. The van der Waals surface area contributed by atoms with Crippen LogP contribution in [0.3, 0.4) is 0 Å². The first-order valence-corrected chi connectivity index (χ1v) is 7.73. The number of carbonyl (C=O) groups is 2. The van der Waals surface area contributed by atoms with Crippen molar-refractivity contribution in [3.05, 3.63) is 59.2 Å². The van der Waals surface area contributed by atoms with E-state index >= 15 is 0 Å². The summed E-state index contributed by atoms with van der Waals surface area (Å²) in [6, 6.07) is 7.67. The highest BCUT2D eigenvalue weighted by Gasteiger charge is 2.23. The zero-order valence-electron chi connectivity index (χ0n) is 14.0. The molecule has 1 amide bonds. The zero-order chi connectivity index (χ0) is 19.3. The van der Waals surface area contributed by atoms with Crippen LogP contribution < -0.4 is 10.9 Å². The van der Waals surface area contributed by atoms with Gasteiger partial charge in [-0.25, -0.2) is 8.78 Å².